The summed E-state index contributed by atoms with van der Waals surface area (Å²) in [5.41, 5.74) is 6.03. The van der Waals surface area contributed by atoms with Crippen LogP contribution in [0.1, 0.15) is 11.8 Å². The second-order valence-electron chi connectivity index (χ2n) is 1.93. The molecule has 0 saturated carbocycles. The third-order valence-electron chi connectivity index (χ3n) is 1.13. The van der Waals surface area contributed by atoms with Crippen molar-refractivity contribution in [1.29, 1.82) is 0 Å². The first-order valence-corrected chi connectivity index (χ1v) is 2.79. The van der Waals surface area contributed by atoms with Crippen LogP contribution in [0.3, 0.4) is 0 Å². The molecule has 0 atom stereocenters. The second kappa shape index (κ2) is 4.38. The normalized spacial score (nSPS) is 8.36. The van der Waals surface area contributed by atoms with E-state index in [2.05, 4.69) is 0 Å². The molecular weight excluding hydrogens is 153 g/mol. The Labute approximate surface area is 88.0 Å². The molecule has 0 aromatic heterocycles. The zero-order valence-corrected chi connectivity index (χ0v) is 8.24. The molecule has 1 rings (SSSR count). The summed E-state index contributed by atoms with van der Waals surface area (Å²) in [6, 6.07) is 6.17. The molecule has 54 valence electrons. The summed E-state index contributed by atoms with van der Waals surface area (Å²) >= 11 is 0. The Bertz CT molecular complexity index is 267. The first-order valence-electron chi connectivity index (χ1n) is 2.79. The number of benzene rings is 1. The standard InChI is InChI=1S/C7H7NO2.Na.H/c8-6-3-1-2-5(4-6)7(9)10;;/h1-4H,8H2,(H,9,10);;/q;+1;-1. The Morgan fingerprint density at radius 1 is 1.55 bits per heavy atom. The van der Waals surface area contributed by atoms with E-state index in [1.54, 1.807) is 12.1 Å². The molecule has 0 fully saturated rings. The zero-order valence-electron chi connectivity index (χ0n) is 7.24. The summed E-state index contributed by atoms with van der Waals surface area (Å²) in [4.78, 5) is 10.3. The zero-order chi connectivity index (χ0) is 7.56. The van der Waals surface area contributed by atoms with Crippen molar-refractivity contribution in [2.75, 3.05) is 5.73 Å². The van der Waals surface area contributed by atoms with Crippen molar-refractivity contribution in [3.63, 3.8) is 0 Å². The van der Waals surface area contributed by atoms with Crippen molar-refractivity contribution in [1.82, 2.24) is 0 Å². The van der Waals surface area contributed by atoms with E-state index in [1.165, 1.54) is 12.1 Å². The van der Waals surface area contributed by atoms with Crippen LogP contribution in [-0.2, 0) is 0 Å². The molecule has 0 amide bonds. The Morgan fingerprint density at radius 2 is 2.18 bits per heavy atom. The maximum absolute atomic E-state index is 10.3. The van der Waals surface area contributed by atoms with Crippen LogP contribution in [-0.4, -0.2) is 11.1 Å². The summed E-state index contributed by atoms with van der Waals surface area (Å²) in [5.74, 6) is -0.952. The van der Waals surface area contributed by atoms with E-state index < -0.39 is 5.97 Å². The summed E-state index contributed by atoms with van der Waals surface area (Å²) in [5, 5.41) is 8.45. The molecule has 1 aromatic carbocycles. The molecule has 0 bridgehead atoms. The molecule has 0 unspecified atom stereocenters. The van der Waals surface area contributed by atoms with Gasteiger partial charge in [-0.1, -0.05) is 6.07 Å². The van der Waals surface area contributed by atoms with E-state index in [0.29, 0.717) is 5.69 Å². The van der Waals surface area contributed by atoms with Crippen LogP contribution in [0, 0.1) is 0 Å². The molecule has 0 heterocycles. The van der Waals surface area contributed by atoms with Gasteiger partial charge >= 0.3 is 35.5 Å². The van der Waals surface area contributed by atoms with Gasteiger partial charge in [0.15, 0.2) is 0 Å². The molecule has 0 aliphatic heterocycles. The van der Waals surface area contributed by atoms with Gasteiger partial charge in [0, 0.05) is 5.69 Å². The molecule has 0 saturated heterocycles. The maximum Gasteiger partial charge on any atom is 1.00 e. The van der Waals surface area contributed by atoms with E-state index in [1.807, 2.05) is 0 Å². The molecule has 1 aromatic rings. The molecule has 3 nitrogen and oxygen atoms in total. The number of carboxylic acids is 1. The Balaban J connectivity index is 0. The minimum Gasteiger partial charge on any atom is -1.00 e. The predicted molar refractivity (Wildman–Crippen MR) is 38.9 cm³/mol. The number of anilines is 1. The molecule has 0 radical (unpaired) electrons. The van der Waals surface area contributed by atoms with Crippen molar-refractivity contribution < 1.29 is 40.9 Å². The Kier molecular flexibility index (Phi) is 4.18. The van der Waals surface area contributed by atoms with Gasteiger partial charge < -0.3 is 12.3 Å². The van der Waals surface area contributed by atoms with Crippen LogP contribution in [0.2, 0.25) is 0 Å². The van der Waals surface area contributed by atoms with E-state index >= 15 is 0 Å². The molecule has 0 spiro atoms. The van der Waals surface area contributed by atoms with E-state index in [0.717, 1.165) is 0 Å². The van der Waals surface area contributed by atoms with Crippen LogP contribution in [0.4, 0.5) is 5.69 Å². The van der Waals surface area contributed by atoms with Gasteiger partial charge in [-0.15, -0.1) is 0 Å². The minimum atomic E-state index is -0.952. The van der Waals surface area contributed by atoms with Crippen molar-refractivity contribution in [3.8, 4) is 0 Å². The first-order chi connectivity index (χ1) is 4.70. The average Bonchev–Trinajstić information content (AvgIpc) is 1.88. The van der Waals surface area contributed by atoms with Gasteiger partial charge in [-0.3, -0.25) is 0 Å². The van der Waals surface area contributed by atoms with E-state index in [4.69, 9.17) is 10.8 Å². The quantitative estimate of drug-likeness (QED) is 0.373. The van der Waals surface area contributed by atoms with Gasteiger partial charge in [0.05, 0.1) is 5.56 Å². The average molecular weight is 161 g/mol. The molecule has 3 N–H and O–H groups in total. The number of nitrogens with two attached hydrogens (primary N) is 1. The third-order valence-corrected chi connectivity index (χ3v) is 1.13. The van der Waals surface area contributed by atoms with Crippen molar-refractivity contribution in [2.24, 2.45) is 0 Å². The van der Waals surface area contributed by atoms with Crippen LogP contribution in [0.25, 0.3) is 0 Å². The van der Waals surface area contributed by atoms with Crippen molar-refractivity contribution in [3.05, 3.63) is 29.8 Å². The fraction of sp³-hybridized carbons (Fsp3) is 0. The summed E-state index contributed by atoms with van der Waals surface area (Å²) in [6.45, 7) is 0. The number of hydrogen-bond acceptors (Lipinski definition) is 2. The minimum absolute atomic E-state index is 0. The monoisotopic (exact) mass is 161 g/mol. The van der Waals surface area contributed by atoms with Crippen molar-refractivity contribution >= 4 is 11.7 Å². The number of carbonyl (C=O) groups is 1. The summed E-state index contributed by atoms with van der Waals surface area (Å²) in [7, 11) is 0. The number of aromatic carboxylic acids is 1. The van der Waals surface area contributed by atoms with Crippen LogP contribution >= 0.6 is 0 Å². The van der Waals surface area contributed by atoms with Crippen LogP contribution in [0.15, 0.2) is 24.3 Å². The molecular formula is C7H8NNaO2. The fourth-order valence-corrected chi connectivity index (χ4v) is 0.672. The summed E-state index contributed by atoms with van der Waals surface area (Å²) < 4.78 is 0. The second-order valence-corrected chi connectivity index (χ2v) is 1.93. The van der Waals surface area contributed by atoms with Gasteiger partial charge in [0.2, 0.25) is 0 Å². The Hall–Kier alpha value is -0.510. The number of rotatable bonds is 1. The van der Waals surface area contributed by atoms with Crippen LogP contribution < -0.4 is 35.3 Å². The number of hydrogen-bond donors (Lipinski definition) is 2. The maximum atomic E-state index is 10.3. The SMILES string of the molecule is Nc1cccc(C(=O)O)c1.[H-].[Na+]. The van der Waals surface area contributed by atoms with Crippen molar-refractivity contribution in [2.45, 2.75) is 0 Å². The Morgan fingerprint density at radius 3 is 2.55 bits per heavy atom. The summed E-state index contributed by atoms with van der Waals surface area (Å²) in [6.07, 6.45) is 0. The van der Waals surface area contributed by atoms with Crippen LogP contribution in [0.5, 0.6) is 0 Å². The van der Waals surface area contributed by atoms with Gasteiger partial charge in [0.25, 0.3) is 0 Å². The third kappa shape index (κ3) is 2.93. The smallest absolute Gasteiger partial charge is 1.00 e. The first kappa shape index (κ1) is 10.5. The van der Waals surface area contributed by atoms with E-state index in [9.17, 15) is 4.79 Å². The van der Waals surface area contributed by atoms with Gasteiger partial charge in [0.1, 0.15) is 0 Å². The number of nitrogen functional groups attached to an aromatic ring is 1. The molecule has 4 heteroatoms. The van der Waals surface area contributed by atoms with Gasteiger partial charge in [-0.05, 0) is 18.2 Å². The van der Waals surface area contributed by atoms with E-state index in [-0.39, 0.29) is 36.5 Å². The molecule has 0 aliphatic rings. The molecule has 11 heavy (non-hydrogen) atoms. The number of carboxylic acid groups (broad SMARTS) is 1. The van der Waals surface area contributed by atoms with Gasteiger partial charge in [-0.2, -0.15) is 0 Å². The predicted octanol–water partition coefficient (Wildman–Crippen LogP) is -1.92. The van der Waals surface area contributed by atoms with Gasteiger partial charge in [-0.25, -0.2) is 4.79 Å². The fourth-order valence-electron chi connectivity index (χ4n) is 0.672. The largest absolute Gasteiger partial charge is 1.00 e. The molecule has 0 aliphatic carbocycles. The topological polar surface area (TPSA) is 63.3 Å².